The van der Waals surface area contributed by atoms with Crippen molar-refractivity contribution in [1.29, 1.82) is 0 Å². The Morgan fingerprint density at radius 1 is 1.10 bits per heavy atom. The fraction of sp³-hybridized carbons (Fsp3) is 0.294. The third kappa shape index (κ3) is 4.35. The van der Waals surface area contributed by atoms with Crippen LogP contribution in [0.25, 0.3) is 0 Å². The van der Waals surface area contributed by atoms with Crippen molar-refractivity contribution < 1.29 is 14.4 Å². The van der Waals surface area contributed by atoms with Gasteiger partial charge < -0.3 is 10.1 Å². The molecule has 0 aliphatic heterocycles. The third-order valence-electron chi connectivity index (χ3n) is 3.36. The summed E-state index contributed by atoms with van der Waals surface area (Å²) in [7, 11) is 1.67. The minimum atomic E-state index is -0.168. The maximum atomic E-state index is 13.1. The Bertz CT molecular complexity index is 539. The lowest BCUT2D eigenvalue weighted by atomic mass is 10.1. The number of halogens is 1. The fourth-order valence-electron chi connectivity index (χ4n) is 2.22. The van der Waals surface area contributed by atoms with Gasteiger partial charge >= 0.3 is 0 Å². The average Bonchev–Trinajstić information content (AvgIpc) is 2.46. The molecule has 0 amide bonds. The molecule has 0 saturated heterocycles. The van der Waals surface area contributed by atoms with Crippen LogP contribution >= 0.6 is 0 Å². The maximum Gasteiger partial charge on any atom is 0.123 e. The van der Waals surface area contributed by atoms with E-state index >= 15 is 0 Å². The zero-order chi connectivity index (χ0) is 14.4. The van der Waals surface area contributed by atoms with E-state index < -0.39 is 0 Å². The summed E-state index contributed by atoms with van der Waals surface area (Å²) in [6, 6.07) is 15.4. The van der Waals surface area contributed by atoms with Crippen LogP contribution in [0.1, 0.15) is 18.1 Å². The van der Waals surface area contributed by atoms with E-state index in [1.807, 2.05) is 18.2 Å². The van der Waals surface area contributed by atoms with Crippen LogP contribution in [0.5, 0.6) is 5.75 Å². The summed E-state index contributed by atoms with van der Waals surface area (Å²) in [6.07, 6.45) is 0.985. The lowest BCUT2D eigenvalue weighted by Crippen LogP contribution is -2.88. The number of hydrogen-bond acceptors (Lipinski definition) is 1. The van der Waals surface area contributed by atoms with Gasteiger partial charge in [-0.15, -0.1) is 0 Å². The molecule has 2 nitrogen and oxygen atoms in total. The van der Waals surface area contributed by atoms with E-state index in [0.717, 1.165) is 24.3 Å². The molecule has 0 radical (unpaired) electrons. The van der Waals surface area contributed by atoms with Gasteiger partial charge in [0.05, 0.1) is 13.2 Å². The summed E-state index contributed by atoms with van der Waals surface area (Å²) >= 11 is 0. The predicted octanol–water partition coefficient (Wildman–Crippen LogP) is 2.53. The molecular formula is C17H21FNO+. The van der Waals surface area contributed by atoms with Crippen molar-refractivity contribution in [2.24, 2.45) is 0 Å². The van der Waals surface area contributed by atoms with Crippen LogP contribution in [0.15, 0.2) is 48.5 Å². The van der Waals surface area contributed by atoms with E-state index in [4.69, 9.17) is 4.74 Å². The van der Waals surface area contributed by atoms with Gasteiger partial charge in [-0.2, -0.15) is 0 Å². The van der Waals surface area contributed by atoms with Crippen LogP contribution in [0, 0.1) is 5.82 Å². The topological polar surface area (TPSA) is 25.8 Å². The van der Waals surface area contributed by atoms with Gasteiger partial charge in [0, 0.05) is 12.0 Å². The van der Waals surface area contributed by atoms with E-state index in [0.29, 0.717) is 6.04 Å². The summed E-state index contributed by atoms with van der Waals surface area (Å²) < 4.78 is 18.2. The summed E-state index contributed by atoms with van der Waals surface area (Å²) in [5, 5.41) is 2.24. The second-order valence-electron chi connectivity index (χ2n) is 5.10. The van der Waals surface area contributed by atoms with Gasteiger partial charge in [0.1, 0.15) is 18.1 Å². The number of ether oxygens (including phenoxy) is 1. The van der Waals surface area contributed by atoms with E-state index in [1.54, 1.807) is 19.2 Å². The Hall–Kier alpha value is -1.87. The molecule has 0 heterocycles. The van der Waals surface area contributed by atoms with Crippen molar-refractivity contribution >= 4 is 0 Å². The first-order valence-corrected chi connectivity index (χ1v) is 6.88. The highest BCUT2D eigenvalue weighted by atomic mass is 19.1. The number of quaternary nitrogens is 1. The average molecular weight is 274 g/mol. The zero-order valence-electron chi connectivity index (χ0n) is 12.0. The Labute approximate surface area is 119 Å². The lowest BCUT2D eigenvalue weighted by molar-refractivity contribution is -0.701. The summed E-state index contributed by atoms with van der Waals surface area (Å²) in [5.41, 5.74) is 2.31. The molecular weight excluding hydrogens is 253 g/mol. The van der Waals surface area contributed by atoms with Crippen LogP contribution in [0.2, 0.25) is 0 Å². The number of rotatable bonds is 6. The summed E-state index contributed by atoms with van der Waals surface area (Å²) in [6.45, 7) is 2.98. The second kappa shape index (κ2) is 7.06. The Kier molecular flexibility index (Phi) is 5.13. The Morgan fingerprint density at radius 3 is 2.50 bits per heavy atom. The molecule has 20 heavy (non-hydrogen) atoms. The molecule has 2 aromatic carbocycles. The number of benzene rings is 2. The highest BCUT2D eigenvalue weighted by Gasteiger charge is 2.07. The van der Waals surface area contributed by atoms with Crippen LogP contribution in [-0.4, -0.2) is 13.2 Å². The first kappa shape index (κ1) is 14.5. The Balaban J connectivity index is 1.84. The fourth-order valence-corrected chi connectivity index (χ4v) is 2.22. The van der Waals surface area contributed by atoms with Crippen molar-refractivity contribution in [1.82, 2.24) is 0 Å². The minimum Gasteiger partial charge on any atom is -0.497 e. The third-order valence-corrected chi connectivity index (χ3v) is 3.36. The predicted molar refractivity (Wildman–Crippen MR) is 78.2 cm³/mol. The maximum absolute atomic E-state index is 13.1. The van der Waals surface area contributed by atoms with Gasteiger partial charge in [-0.1, -0.05) is 24.3 Å². The van der Waals surface area contributed by atoms with Crippen molar-refractivity contribution in [2.45, 2.75) is 25.9 Å². The second-order valence-corrected chi connectivity index (χ2v) is 5.10. The highest BCUT2D eigenvalue weighted by Crippen LogP contribution is 2.12. The zero-order valence-corrected chi connectivity index (χ0v) is 12.0. The van der Waals surface area contributed by atoms with Gasteiger partial charge in [0.25, 0.3) is 0 Å². The van der Waals surface area contributed by atoms with Crippen LogP contribution in [0.4, 0.5) is 4.39 Å². The highest BCUT2D eigenvalue weighted by molar-refractivity contribution is 5.27. The van der Waals surface area contributed by atoms with Crippen molar-refractivity contribution in [2.75, 3.05) is 7.11 Å². The summed E-state index contributed by atoms with van der Waals surface area (Å²) in [4.78, 5) is 0. The van der Waals surface area contributed by atoms with Gasteiger partial charge in [0.15, 0.2) is 0 Å². The molecule has 2 rings (SSSR count). The molecule has 0 saturated carbocycles. The monoisotopic (exact) mass is 274 g/mol. The van der Waals surface area contributed by atoms with Gasteiger partial charge in [0.2, 0.25) is 0 Å². The molecule has 106 valence electrons. The van der Waals surface area contributed by atoms with E-state index in [9.17, 15) is 4.39 Å². The Morgan fingerprint density at radius 2 is 1.85 bits per heavy atom. The smallest absolute Gasteiger partial charge is 0.123 e. The number of methoxy groups -OCH3 is 1. The molecule has 0 aromatic heterocycles. The van der Waals surface area contributed by atoms with Crippen molar-refractivity contribution in [3.05, 3.63) is 65.5 Å². The largest absolute Gasteiger partial charge is 0.497 e. The standard InChI is InChI=1S/C17H20FNO/c1-13(10-14-6-8-17(20-2)9-7-14)19-12-15-4-3-5-16(18)11-15/h3-9,11,13,19H,10,12H2,1-2H3/p+1/t13-/m0/s1. The molecule has 3 heteroatoms. The molecule has 0 aliphatic carbocycles. The first-order chi connectivity index (χ1) is 9.67. The van der Waals surface area contributed by atoms with Gasteiger partial charge in [-0.05, 0) is 36.8 Å². The molecule has 2 aromatic rings. The van der Waals surface area contributed by atoms with E-state index in [2.05, 4.69) is 24.4 Å². The normalized spacial score (nSPS) is 12.2. The van der Waals surface area contributed by atoms with Gasteiger partial charge in [-0.3, -0.25) is 0 Å². The molecule has 0 bridgehead atoms. The summed E-state index contributed by atoms with van der Waals surface area (Å²) in [5.74, 6) is 0.712. The van der Waals surface area contributed by atoms with Crippen molar-refractivity contribution in [3.8, 4) is 5.75 Å². The molecule has 0 spiro atoms. The number of hydrogen-bond donors (Lipinski definition) is 1. The molecule has 2 N–H and O–H groups in total. The SMILES string of the molecule is COc1ccc(C[C@H](C)[NH2+]Cc2cccc(F)c2)cc1. The first-order valence-electron chi connectivity index (χ1n) is 6.88. The molecule has 0 aliphatic rings. The van der Waals surface area contributed by atoms with Crippen LogP contribution < -0.4 is 10.1 Å². The molecule has 0 unspecified atom stereocenters. The molecule has 0 fully saturated rings. The van der Waals surface area contributed by atoms with E-state index in [-0.39, 0.29) is 5.82 Å². The van der Waals surface area contributed by atoms with Gasteiger partial charge in [-0.25, -0.2) is 4.39 Å². The lowest BCUT2D eigenvalue weighted by Gasteiger charge is -2.11. The number of nitrogens with two attached hydrogens (primary N) is 1. The van der Waals surface area contributed by atoms with E-state index in [1.165, 1.54) is 11.6 Å². The quantitative estimate of drug-likeness (QED) is 0.860. The molecule has 1 atom stereocenters. The van der Waals surface area contributed by atoms with Crippen LogP contribution in [0.3, 0.4) is 0 Å². The van der Waals surface area contributed by atoms with Crippen LogP contribution in [-0.2, 0) is 13.0 Å². The van der Waals surface area contributed by atoms with Crippen molar-refractivity contribution in [3.63, 3.8) is 0 Å². The minimum absolute atomic E-state index is 0.168.